The summed E-state index contributed by atoms with van der Waals surface area (Å²) >= 11 is 0. The fourth-order valence-electron chi connectivity index (χ4n) is 1.75. The number of hydrogen-bond acceptors (Lipinski definition) is 2. The molecular weight excluding hydrogens is 142 g/mol. The quantitative estimate of drug-likeness (QED) is 0.542. The smallest absolute Gasteiger partial charge is 0.248 e. The van der Waals surface area contributed by atoms with E-state index < -0.39 is 5.72 Å². The number of nitrogens with zero attached hydrogens (tertiary/aromatic N) is 1. The van der Waals surface area contributed by atoms with Gasteiger partial charge < -0.3 is 10.0 Å². The summed E-state index contributed by atoms with van der Waals surface area (Å²) in [6.07, 6.45) is 5.77. The van der Waals surface area contributed by atoms with E-state index in [0.717, 1.165) is 12.8 Å². The Hall–Kier alpha value is -0.830. The summed E-state index contributed by atoms with van der Waals surface area (Å²) in [6, 6.07) is 0. The van der Waals surface area contributed by atoms with Crippen molar-refractivity contribution in [3.8, 4) is 0 Å². The normalized spacial score (nSPS) is 36.1. The van der Waals surface area contributed by atoms with Gasteiger partial charge in [-0.1, -0.05) is 0 Å². The molecule has 11 heavy (non-hydrogen) atoms. The highest BCUT2D eigenvalue weighted by Crippen LogP contribution is 2.30. The van der Waals surface area contributed by atoms with Gasteiger partial charge in [-0.2, -0.15) is 0 Å². The van der Waals surface area contributed by atoms with Crippen LogP contribution in [0.25, 0.3) is 0 Å². The van der Waals surface area contributed by atoms with Crippen LogP contribution in [0.5, 0.6) is 0 Å². The fourth-order valence-corrected chi connectivity index (χ4v) is 1.75. The molecule has 0 radical (unpaired) electrons. The van der Waals surface area contributed by atoms with Crippen molar-refractivity contribution in [1.29, 1.82) is 0 Å². The van der Waals surface area contributed by atoms with Crippen LogP contribution in [0, 0.1) is 0 Å². The molecule has 3 heteroatoms. The predicted octanol–water partition coefficient (Wildman–Crippen LogP) is 0.257. The van der Waals surface area contributed by atoms with E-state index in [0.29, 0.717) is 13.0 Å². The van der Waals surface area contributed by atoms with Gasteiger partial charge in [0.1, 0.15) is 0 Å². The second kappa shape index (κ2) is 2.08. The number of fused-ring (bicyclic) bond motifs is 1. The largest absolute Gasteiger partial charge is 0.367 e. The molecule has 1 saturated heterocycles. The molecule has 2 heterocycles. The van der Waals surface area contributed by atoms with Crippen molar-refractivity contribution in [2.24, 2.45) is 0 Å². The Kier molecular flexibility index (Phi) is 1.29. The van der Waals surface area contributed by atoms with E-state index in [1.54, 1.807) is 6.08 Å². The second-order valence-corrected chi connectivity index (χ2v) is 3.16. The van der Waals surface area contributed by atoms with E-state index >= 15 is 0 Å². The van der Waals surface area contributed by atoms with Gasteiger partial charge >= 0.3 is 0 Å². The summed E-state index contributed by atoms with van der Waals surface area (Å²) in [7, 11) is 0. The lowest BCUT2D eigenvalue weighted by Crippen LogP contribution is -2.49. The summed E-state index contributed by atoms with van der Waals surface area (Å²) in [5.41, 5.74) is -0.935. The number of piperidine rings is 1. The Morgan fingerprint density at radius 1 is 1.55 bits per heavy atom. The van der Waals surface area contributed by atoms with Crippen LogP contribution in [-0.4, -0.2) is 28.2 Å². The summed E-state index contributed by atoms with van der Waals surface area (Å²) in [6.45, 7) is 0.697. The van der Waals surface area contributed by atoms with Gasteiger partial charge in [-0.05, 0) is 25.3 Å². The average Bonchev–Trinajstić information content (AvgIpc) is 2.29. The SMILES string of the molecule is O=C1C=CC2(O)CCCCN12. The Balaban J connectivity index is 2.27. The monoisotopic (exact) mass is 153 g/mol. The number of hydrogen-bond donors (Lipinski definition) is 1. The molecule has 1 N–H and O–H groups in total. The second-order valence-electron chi connectivity index (χ2n) is 3.16. The Bertz CT molecular complexity index is 224. The Morgan fingerprint density at radius 2 is 2.36 bits per heavy atom. The number of amides is 1. The van der Waals surface area contributed by atoms with E-state index in [2.05, 4.69) is 0 Å². The third-order valence-corrected chi connectivity index (χ3v) is 2.40. The molecule has 0 aliphatic carbocycles. The third-order valence-electron chi connectivity index (χ3n) is 2.40. The maximum Gasteiger partial charge on any atom is 0.248 e. The first-order chi connectivity index (χ1) is 5.22. The molecule has 1 unspecified atom stereocenters. The lowest BCUT2D eigenvalue weighted by atomic mass is 10.0. The molecule has 2 rings (SSSR count). The summed E-state index contributed by atoms with van der Waals surface area (Å²) in [4.78, 5) is 12.6. The third kappa shape index (κ3) is 0.878. The predicted molar refractivity (Wildman–Crippen MR) is 39.7 cm³/mol. The molecule has 0 aromatic carbocycles. The van der Waals surface area contributed by atoms with Crippen LogP contribution < -0.4 is 0 Å². The maximum absolute atomic E-state index is 11.1. The molecule has 1 atom stereocenters. The molecule has 60 valence electrons. The average molecular weight is 153 g/mol. The fraction of sp³-hybridized carbons (Fsp3) is 0.625. The summed E-state index contributed by atoms with van der Waals surface area (Å²) < 4.78 is 0. The van der Waals surface area contributed by atoms with Crippen LogP contribution in [0.3, 0.4) is 0 Å². The summed E-state index contributed by atoms with van der Waals surface area (Å²) in [5, 5.41) is 9.80. The molecule has 3 nitrogen and oxygen atoms in total. The minimum atomic E-state index is -0.935. The van der Waals surface area contributed by atoms with Gasteiger partial charge in [0.2, 0.25) is 5.91 Å². The van der Waals surface area contributed by atoms with Crippen LogP contribution in [-0.2, 0) is 4.79 Å². The molecule has 0 bridgehead atoms. The van der Waals surface area contributed by atoms with Gasteiger partial charge in [0.25, 0.3) is 0 Å². The van der Waals surface area contributed by atoms with Crippen LogP contribution in [0.2, 0.25) is 0 Å². The van der Waals surface area contributed by atoms with Gasteiger partial charge in [-0.25, -0.2) is 0 Å². The number of rotatable bonds is 0. The lowest BCUT2D eigenvalue weighted by Gasteiger charge is -2.37. The first kappa shape index (κ1) is 6.85. The van der Waals surface area contributed by atoms with E-state index in [9.17, 15) is 9.90 Å². The van der Waals surface area contributed by atoms with Crippen LogP contribution >= 0.6 is 0 Å². The van der Waals surface area contributed by atoms with E-state index in [4.69, 9.17) is 0 Å². The number of aliphatic hydroxyl groups is 1. The highest BCUT2D eigenvalue weighted by molar-refractivity contribution is 5.91. The first-order valence-corrected chi connectivity index (χ1v) is 3.96. The summed E-state index contributed by atoms with van der Waals surface area (Å²) in [5.74, 6) is -0.0489. The van der Waals surface area contributed by atoms with Gasteiger partial charge in [0, 0.05) is 12.6 Å². The highest BCUT2D eigenvalue weighted by atomic mass is 16.3. The Morgan fingerprint density at radius 3 is 3.09 bits per heavy atom. The number of carbonyl (C=O) groups is 1. The van der Waals surface area contributed by atoms with Crippen molar-refractivity contribution >= 4 is 5.91 Å². The van der Waals surface area contributed by atoms with Crippen LogP contribution in [0.15, 0.2) is 12.2 Å². The zero-order chi connectivity index (χ0) is 7.90. The molecule has 2 aliphatic rings. The highest BCUT2D eigenvalue weighted by Gasteiger charge is 2.40. The first-order valence-electron chi connectivity index (χ1n) is 3.96. The molecule has 0 aromatic heterocycles. The van der Waals surface area contributed by atoms with Crippen LogP contribution in [0.4, 0.5) is 0 Å². The minimum absolute atomic E-state index is 0.0489. The van der Waals surface area contributed by atoms with Crippen molar-refractivity contribution in [3.63, 3.8) is 0 Å². The van der Waals surface area contributed by atoms with Crippen LogP contribution in [0.1, 0.15) is 19.3 Å². The van der Waals surface area contributed by atoms with Gasteiger partial charge in [0.05, 0.1) is 0 Å². The maximum atomic E-state index is 11.1. The molecule has 2 aliphatic heterocycles. The zero-order valence-corrected chi connectivity index (χ0v) is 6.29. The van der Waals surface area contributed by atoms with Gasteiger partial charge in [-0.15, -0.1) is 0 Å². The topological polar surface area (TPSA) is 40.5 Å². The van der Waals surface area contributed by atoms with Crippen molar-refractivity contribution in [2.75, 3.05) is 6.54 Å². The molecule has 1 amide bonds. The molecule has 0 aromatic rings. The van der Waals surface area contributed by atoms with E-state index in [1.807, 2.05) is 0 Å². The van der Waals surface area contributed by atoms with Gasteiger partial charge in [0.15, 0.2) is 5.72 Å². The molecule has 0 saturated carbocycles. The van der Waals surface area contributed by atoms with Crippen molar-refractivity contribution in [1.82, 2.24) is 4.90 Å². The van der Waals surface area contributed by atoms with E-state index in [1.165, 1.54) is 11.0 Å². The minimum Gasteiger partial charge on any atom is -0.367 e. The molecule has 0 spiro atoms. The van der Waals surface area contributed by atoms with Crippen molar-refractivity contribution < 1.29 is 9.90 Å². The Labute approximate surface area is 65.3 Å². The number of carbonyl (C=O) groups excluding carboxylic acids is 1. The molecular formula is C8H11NO2. The van der Waals surface area contributed by atoms with Gasteiger partial charge in [-0.3, -0.25) is 4.79 Å². The lowest BCUT2D eigenvalue weighted by molar-refractivity contribution is -0.146. The zero-order valence-electron chi connectivity index (χ0n) is 6.29. The molecule has 1 fully saturated rings. The van der Waals surface area contributed by atoms with E-state index in [-0.39, 0.29) is 5.91 Å². The van der Waals surface area contributed by atoms with Crippen molar-refractivity contribution in [3.05, 3.63) is 12.2 Å². The van der Waals surface area contributed by atoms with Crippen molar-refractivity contribution in [2.45, 2.75) is 25.0 Å². The standard InChI is InChI=1S/C8H11NO2/c10-7-3-5-8(11)4-1-2-6-9(7)8/h3,5,11H,1-2,4,6H2.